The zero-order valence-corrected chi connectivity index (χ0v) is 6.14. The Morgan fingerprint density at radius 1 is 1.00 bits per heavy atom. The molecule has 60 valence electrons. The van der Waals surface area contributed by atoms with E-state index < -0.39 is 11.9 Å². The Hall–Kier alpha value is -0.870. The van der Waals surface area contributed by atoms with E-state index in [1.165, 1.54) is 13.8 Å². The highest BCUT2D eigenvalue weighted by Crippen LogP contribution is 1.73. The van der Waals surface area contributed by atoms with Crippen molar-refractivity contribution >= 4 is 28.2 Å². The van der Waals surface area contributed by atoms with Gasteiger partial charge in [0.15, 0.2) is 0 Å². The second kappa shape index (κ2) is 16.1. The predicted molar refractivity (Wildman–Crippen MR) is 36.2 cm³/mol. The molecule has 0 rings (SSSR count). The molecule has 0 aliphatic heterocycles. The number of carbonyl (C=O) groups is 2. The molecule has 0 heterocycles. The van der Waals surface area contributed by atoms with Crippen LogP contribution in [0.15, 0.2) is 0 Å². The lowest BCUT2D eigenvalue weighted by Crippen LogP contribution is -2.03. The van der Waals surface area contributed by atoms with Gasteiger partial charge in [-0.15, -0.1) is 0 Å². The van der Waals surface area contributed by atoms with Crippen molar-refractivity contribution in [3.8, 4) is 0 Å². The maximum Gasteiger partial charge on any atom is 0.350 e. The van der Waals surface area contributed by atoms with Crippen molar-refractivity contribution in [1.29, 1.82) is 0 Å². The summed E-state index contributed by atoms with van der Waals surface area (Å²) in [4.78, 5) is 19.6. The fourth-order valence-corrected chi connectivity index (χ4v) is 0.202. The van der Waals surface area contributed by atoms with E-state index in [-0.39, 0.29) is 0 Å². The summed E-state index contributed by atoms with van der Waals surface area (Å²) in [5, 5.41) is 0. The lowest BCUT2D eigenvalue weighted by Gasteiger charge is -1.87. The Bertz CT molecular complexity index is 97.5. The zero-order valence-electron chi connectivity index (χ0n) is 6.14. The Morgan fingerprint density at radius 3 is 1.18 bits per heavy atom. The number of rotatable bonds is 0. The molecule has 0 aromatic carbocycles. The molecule has 11 heavy (non-hydrogen) atoms. The smallest absolute Gasteiger partial charge is 0.350 e. The fraction of sp³-hybridized carbons (Fsp3) is 0.500. The Labute approximate surface area is 66.0 Å². The molecule has 0 unspecified atom stereocenters. The summed E-state index contributed by atoms with van der Waals surface area (Å²) in [6, 6.07) is 0. The largest absolute Gasteiger partial charge is 0.394 e. The Balaban J connectivity index is -0.000000138. The minimum absolute atomic E-state index is 0.562. The van der Waals surface area contributed by atoms with Crippen LogP contribution < -0.4 is 0 Å². The van der Waals surface area contributed by atoms with Gasteiger partial charge in [-0.3, -0.25) is 9.59 Å². The van der Waals surface area contributed by atoms with Gasteiger partial charge in [0.25, 0.3) is 0 Å². The summed E-state index contributed by atoms with van der Waals surface area (Å²) in [5.74, 6) is -1.12. The van der Waals surface area contributed by atoms with Crippen LogP contribution >= 0.6 is 0 Å². The zero-order chi connectivity index (χ0) is 9.86. The second-order valence-electron chi connectivity index (χ2n) is 1.09. The molecule has 0 aliphatic rings. The first-order valence-corrected chi connectivity index (χ1v) is 2.25. The molecule has 0 aromatic heterocycles. The maximum absolute atomic E-state index is 9.81. The van der Waals surface area contributed by atoms with Gasteiger partial charge in [-0.25, -0.2) is 0 Å². The van der Waals surface area contributed by atoms with Crippen LogP contribution in [-0.4, -0.2) is 28.2 Å². The normalized spacial score (nSPS) is 5.82. The lowest BCUT2D eigenvalue weighted by atomic mass is 10.7. The van der Waals surface area contributed by atoms with Crippen LogP contribution in [0.3, 0.4) is 0 Å². The summed E-state index contributed by atoms with van der Waals surface area (Å²) < 4.78 is 22.0. The molecule has 3 nitrogen and oxygen atoms in total. The quantitative estimate of drug-likeness (QED) is 0.289. The van der Waals surface area contributed by atoms with Gasteiger partial charge in [0.05, 0.1) is 0 Å². The van der Waals surface area contributed by atoms with E-state index in [1.54, 1.807) is 0 Å². The second-order valence-corrected chi connectivity index (χ2v) is 1.09. The lowest BCUT2D eigenvalue weighted by molar-refractivity contribution is -0.156. The molecule has 0 atom stereocenters. The number of carbonyl (C=O) groups excluding carboxylic acids is 2. The topological polar surface area (TPSA) is 43.4 Å². The van der Waals surface area contributed by atoms with Crippen molar-refractivity contribution in [3.05, 3.63) is 0 Å². The Morgan fingerprint density at radius 2 is 1.18 bits per heavy atom. The highest BCUT2D eigenvalue weighted by atomic mass is 19.1. The van der Waals surface area contributed by atoms with E-state index in [1.807, 2.05) is 0 Å². The first-order chi connectivity index (χ1) is 5.13. The van der Waals surface area contributed by atoms with Gasteiger partial charge in [-0.1, -0.05) is 0 Å². The maximum atomic E-state index is 9.81. The minimum Gasteiger partial charge on any atom is -0.394 e. The van der Waals surface area contributed by atoms with Crippen LogP contribution in [0.5, 0.6) is 0 Å². The molecular weight excluding hydrogens is 156 g/mol. The van der Waals surface area contributed by atoms with E-state index in [0.717, 1.165) is 0 Å². The van der Waals surface area contributed by atoms with Gasteiger partial charge < -0.3 is 13.4 Å². The van der Waals surface area contributed by atoms with E-state index in [4.69, 9.17) is 8.63 Å². The molecule has 0 fully saturated rings. The predicted octanol–water partition coefficient (Wildman–Crippen LogP) is 0.175. The van der Waals surface area contributed by atoms with Gasteiger partial charge in [0, 0.05) is 13.8 Å². The van der Waals surface area contributed by atoms with Gasteiger partial charge in [0.1, 0.15) is 0 Å². The van der Waals surface area contributed by atoms with Crippen LogP contribution in [0, 0.1) is 0 Å². The molecule has 4 radical (unpaired) electrons. The van der Waals surface area contributed by atoms with Crippen molar-refractivity contribution in [3.63, 3.8) is 0 Å². The molecule has 0 aliphatic carbocycles. The number of ether oxygens (including phenoxy) is 1. The average molecular weight is 162 g/mol. The molecule has 7 heteroatoms. The van der Waals surface area contributed by atoms with Gasteiger partial charge in [-0.2, -0.15) is 0 Å². The molecule has 0 bridgehead atoms. The summed E-state index contributed by atoms with van der Waals surface area (Å²) >= 11 is 0. The summed E-state index contributed by atoms with van der Waals surface area (Å²) in [6.07, 6.45) is 0. The van der Waals surface area contributed by atoms with Gasteiger partial charge >= 0.3 is 28.2 Å². The third-order valence-corrected chi connectivity index (χ3v) is 0.287. The molecule has 0 spiro atoms. The van der Waals surface area contributed by atoms with Gasteiger partial charge in [0.2, 0.25) is 0 Å². The molecule has 0 N–H and O–H groups in total. The summed E-state index contributed by atoms with van der Waals surface area (Å²) in [6.45, 7) is 2.36. The number of hydrogen-bond acceptors (Lipinski definition) is 3. The van der Waals surface area contributed by atoms with Crippen molar-refractivity contribution in [2.45, 2.75) is 13.8 Å². The Kier molecular flexibility index (Phi) is 24.2. The summed E-state index contributed by atoms with van der Waals surface area (Å²) in [5.41, 5.74) is 0. The van der Waals surface area contributed by atoms with Crippen molar-refractivity contribution < 1.29 is 23.0 Å². The summed E-state index contributed by atoms with van der Waals surface area (Å²) in [7, 11) is 6.00. The monoisotopic (exact) mass is 162 g/mol. The van der Waals surface area contributed by atoms with Crippen molar-refractivity contribution in [2.75, 3.05) is 0 Å². The fourth-order valence-electron chi connectivity index (χ4n) is 0.202. The van der Waals surface area contributed by atoms with Gasteiger partial charge in [-0.05, 0) is 0 Å². The average Bonchev–Trinajstić information content (AvgIpc) is 1.93. The third kappa shape index (κ3) is 47.4. The van der Waals surface area contributed by atoms with Crippen LogP contribution in [0.1, 0.15) is 13.8 Å². The number of halogens is 2. The minimum atomic E-state index is -0.562. The highest BCUT2D eigenvalue weighted by Gasteiger charge is 1.93. The SMILES string of the molecule is CC(=O)OC(C)=O.[B]F.[B]F. The third-order valence-electron chi connectivity index (χ3n) is 0.287. The van der Waals surface area contributed by atoms with E-state index >= 15 is 0 Å². The molecule has 0 saturated carbocycles. The molecular formula is C4H6B2F2O3. The van der Waals surface area contributed by atoms with E-state index in [0.29, 0.717) is 0 Å². The van der Waals surface area contributed by atoms with Crippen LogP contribution in [0.25, 0.3) is 0 Å². The number of hydrogen-bond donors (Lipinski definition) is 0. The van der Waals surface area contributed by atoms with Crippen molar-refractivity contribution in [2.24, 2.45) is 0 Å². The van der Waals surface area contributed by atoms with Crippen LogP contribution in [-0.2, 0) is 14.3 Å². The number of esters is 2. The first-order valence-electron chi connectivity index (χ1n) is 2.25. The standard InChI is InChI=1S/C4H6O3.2BF/c1-3(5)7-4(2)6;2*1-2/h1-2H3;;. The first kappa shape index (κ1) is 16.6. The molecule has 0 saturated heterocycles. The van der Waals surface area contributed by atoms with Crippen LogP contribution in [0.4, 0.5) is 8.63 Å². The molecule has 0 aromatic rings. The van der Waals surface area contributed by atoms with Crippen LogP contribution in [0.2, 0.25) is 0 Å². The van der Waals surface area contributed by atoms with E-state index in [9.17, 15) is 9.59 Å². The van der Waals surface area contributed by atoms with Crippen molar-refractivity contribution in [1.82, 2.24) is 0 Å². The highest BCUT2D eigenvalue weighted by molar-refractivity contribution is 5.96. The van der Waals surface area contributed by atoms with E-state index in [2.05, 4.69) is 21.0 Å². The molecule has 0 amide bonds.